The average Bonchev–Trinajstić information content (AvgIpc) is 2.78. The summed E-state index contributed by atoms with van der Waals surface area (Å²) < 4.78 is 38.1. The lowest BCUT2D eigenvalue weighted by Gasteiger charge is -2.05. The van der Waals surface area contributed by atoms with Crippen LogP contribution in [-0.4, -0.2) is 19.9 Å². The molecule has 96 valence electrons. The molecule has 0 saturated heterocycles. The van der Waals surface area contributed by atoms with Gasteiger partial charge in [0.05, 0.1) is 6.10 Å². The first-order valence-corrected chi connectivity index (χ1v) is 5.15. The highest BCUT2D eigenvalue weighted by molar-refractivity contribution is 5.26. The number of pyridine rings is 1. The number of hydrogen-bond donors (Lipinski definition) is 1. The third kappa shape index (κ3) is 2.51. The predicted octanol–water partition coefficient (Wildman–Crippen LogP) is 2.34. The summed E-state index contributed by atoms with van der Waals surface area (Å²) in [4.78, 5) is 3.94. The number of nitrogens with zero attached hydrogens (tertiary/aromatic N) is 3. The molecule has 7 heteroatoms. The van der Waals surface area contributed by atoms with Crippen molar-refractivity contribution in [2.24, 2.45) is 0 Å². The molecule has 1 N–H and O–H groups in total. The molecule has 0 unspecified atom stereocenters. The van der Waals surface area contributed by atoms with Crippen molar-refractivity contribution in [2.45, 2.75) is 19.2 Å². The maximum atomic E-state index is 12.4. The van der Waals surface area contributed by atoms with Crippen molar-refractivity contribution in [3.05, 3.63) is 41.9 Å². The van der Waals surface area contributed by atoms with Crippen LogP contribution in [0, 0.1) is 0 Å². The molecule has 2 aromatic rings. The first kappa shape index (κ1) is 12.6. The zero-order valence-corrected chi connectivity index (χ0v) is 9.39. The minimum Gasteiger partial charge on any atom is -0.389 e. The fourth-order valence-corrected chi connectivity index (χ4v) is 1.38. The lowest BCUT2D eigenvalue weighted by molar-refractivity contribution is -0.141. The fourth-order valence-electron chi connectivity index (χ4n) is 1.38. The molecule has 0 aliphatic heterocycles. The summed E-state index contributed by atoms with van der Waals surface area (Å²) in [5.41, 5.74) is -0.383. The van der Waals surface area contributed by atoms with Crippen molar-refractivity contribution in [1.82, 2.24) is 14.8 Å². The van der Waals surface area contributed by atoms with E-state index in [2.05, 4.69) is 10.1 Å². The van der Waals surface area contributed by atoms with Crippen LogP contribution in [0.15, 0.2) is 30.6 Å². The van der Waals surface area contributed by atoms with Crippen LogP contribution in [0.4, 0.5) is 13.2 Å². The molecular weight excluding hydrogens is 247 g/mol. The number of alkyl halides is 3. The van der Waals surface area contributed by atoms with Gasteiger partial charge in [-0.1, -0.05) is 6.07 Å². The molecule has 4 nitrogen and oxygen atoms in total. The molecule has 2 aromatic heterocycles. The molecule has 0 aliphatic rings. The summed E-state index contributed by atoms with van der Waals surface area (Å²) in [6.07, 6.45) is -2.55. The molecule has 2 rings (SSSR count). The first-order chi connectivity index (χ1) is 8.38. The van der Waals surface area contributed by atoms with Gasteiger partial charge in [0.15, 0.2) is 11.5 Å². The molecule has 0 spiro atoms. The Bertz CT molecular complexity index is 531. The summed E-state index contributed by atoms with van der Waals surface area (Å²) in [7, 11) is 0. The quantitative estimate of drug-likeness (QED) is 0.898. The van der Waals surface area contributed by atoms with Gasteiger partial charge in [-0.2, -0.15) is 18.3 Å². The predicted molar refractivity (Wildman–Crippen MR) is 57.0 cm³/mol. The normalized spacial score (nSPS) is 13.6. The number of rotatable bonds is 2. The van der Waals surface area contributed by atoms with Crippen LogP contribution in [0.25, 0.3) is 5.82 Å². The highest BCUT2D eigenvalue weighted by Gasteiger charge is 2.33. The van der Waals surface area contributed by atoms with Crippen LogP contribution in [0.1, 0.15) is 24.3 Å². The van der Waals surface area contributed by atoms with Gasteiger partial charge in [-0.3, -0.25) is 0 Å². The van der Waals surface area contributed by atoms with Crippen LogP contribution in [-0.2, 0) is 6.18 Å². The van der Waals surface area contributed by atoms with E-state index in [0.717, 1.165) is 10.7 Å². The zero-order chi connectivity index (χ0) is 13.3. The van der Waals surface area contributed by atoms with Gasteiger partial charge in [0.2, 0.25) is 0 Å². The van der Waals surface area contributed by atoms with Crippen LogP contribution >= 0.6 is 0 Å². The Balaban J connectivity index is 2.29. The fraction of sp³-hybridized carbons (Fsp3) is 0.273. The average molecular weight is 257 g/mol. The summed E-state index contributed by atoms with van der Waals surface area (Å²) in [5.74, 6) is 0.259. The topological polar surface area (TPSA) is 50.9 Å². The molecule has 0 fully saturated rings. The second kappa shape index (κ2) is 4.41. The van der Waals surface area contributed by atoms with Gasteiger partial charge in [0.25, 0.3) is 0 Å². The molecule has 18 heavy (non-hydrogen) atoms. The van der Waals surface area contributed by atoms with E-state index in [0.29, 0.717) is 5.56 Å². The Morgan fingerprint density at radius 1 is 1.28 bits per heavy atom. The minimum atomic E-state index is -4.47. The highest BCUT2D eigenvalue weighted by Crippen LogP contribution is 2.27. The summed E-state index contributed by atoms with van der Waals surface area (Å²) in [6.45, 7) is 1.58. The van der Waals surface area contributed by atoms with E-state index in [-0.39, 0.29) is 5.82 Å². The van der Waals surface area contributed by atoms with E-state index in [1.165, 1.54) is 18.5 Å². The number of halogens is 3. The number of aliphatic hydroxyl groups is 1. The van der Waals surface area contributed by atoms with Gasteiger partial charge in [-0.15, -0.1) is 0 Å². The van der Waals surface area contributed by atoms with E-state index in [9.17, 15) is 18.3 Å². The largest absolute Gasteiger partial charge is 0.435 e. The molecule has 2 heterocycles. The second-order valence-electron chi connectivity index (χ2n) is 3.77. The molecule has 1 atom stereocenters. The van der Waals surface area contributed by atoms with Crippen molar-refractivity contribution >= 4 is 0 Å². The van der Waals surface area contributed by atoms with Crippen molar-refractivity contribution in [1.29, 1.82) is 0 Å². The van der Waals surface area contributed by atoms with Gasteiger partial charge < -0.3 is 5.11 Å². The minimum absolute atomic E-state index is 0.259. The molecule has 0 aliphatic carbocycles. The maximum absolute atomic E-state index is 12.4. The van der Waals surface area contributed by atoms with Gasteiger partial charge in [0, 0.05) is 12.4 Å². The molecular formula is C11H10F3N3O. The third-order valence-electron chi connectivity index (χ3n) is 2.37. The number of aromatic nitrogens is 3. The Labute approximate surface area is 101 Å². The lowest BCUT2D eigenvalue weighted by Crippen LogP contribution is -2.07. The number of hydrogen-bond acceptors (Lipinski definition) is 3. The van der Waals surface area contributed by atoms with Crippen molar-refractivity contribution in [3.63, 3.8) is 0 Å². The van der Waals surface area contributed by atoms with Crippen LogP contribution in [0.3, 0.4) is 0 Å². The molecule has 0 bridgehead atoms. The van der Waals surface area contributed by atoms with E-state index < -0.39 is 18.0 Å². The van der Waals surface area contributed by atoms with Crippen LogP contribution in [0.5, 0.6) is 0 Å². The van der Waals surface area contributed by atoms with Crippen LogP contribution < -0.4 is 0 Å². The molecule has 0 aromatic carbocycles. The van der Waals surface area contributed by atoms with Gasteiger partial charge >= 0.3 is 6.18 Å². The Kier molecular flexibility index (Phi) is 3.08. The second-order valence-corrected chi connectivity index (χ2v) is 3.77. The smallest absolute Gasteiger partial charge is 0.389 e. The standard InChI is InChI=1S/C11H10F3N3O/c1-7(18)8-2-3-10(15-6-8)17-5-4-9(16-17)11(12,13)14/h2-7,18H,1H3/t7-/m0/s1. The summed E-state index contributed by atoms with van der Waals surface area (Å²) >= 11 is 0. The molecule has 0 saturated carbocycles. The van der Waals surface area contributed by atoms with E-state index >= 15 is 0 Å². The lowest BCUT2D eigenvalue weighted by atomic mass is 10.2. The molecule has 0 radical (unpaired) electrons. The highest BCUT2D eigenvalue weighted by atomic mass is 19.4. The Hall–Kier alpha value is -1.89. The van der Waals surface area contributed by atoms with Crippen molar-refractivity contribution in [3.8, 4) is 5.82 Å². The van der Waals surface area contributed by atoms with Crippen LogP contribution in [0.2, 0.25) is 0 Å². The van der Waals surface area contributed by atoms with E-state index in [1.807, 2.05) is 0 Å². The Morgan fingerprint density at radius 3 is 2.44 bits per heavy atom. The monoisotopic (exact) mass is 257 g/mol. The molecule has 0 amide bonds. The Morgan fingerprint density at radius 2 is 2.00 bits per heavy atom. The maximum Gasteiger partial charge on any atom is 0.435 e. The summed E-state index contributed by atoms with van der Waals surface area (Å²) in [6, 6.07) is 3.96. The summed E-state index contributed by atoms with van der Waals surface area (Å²) in [5, 5.41) is 12.7. The van der Waals surface area contributed by atoms with Crippen molar-refractivity contribution < 1.29 is 18.3 Å². The number of aliphatic hydroxyl groups excluding tert-OH is 1. The van der Waals surface area contributed by atoms with E-state index in [1.54, 1.807) is 13.0 Å². The van der Waals surface area contributed by atoms with Crippen molar-refractivity contribution in [2.75, 3.05) is 0 Å². The first-order valence-electron chi connectivity index (χ1n) is 5.15. The third-order valence-corrected chi connectivity index (χ3v) is 2.37. The van der Waals surface area contributed by atoms with Gasteiger partial charge in [-0.25, -0.2) is 9.67 Å². The van der Waals surface area contributed by atoms with Gasteiger partial charge in [0.1, 0.15) is 0 Å². The SMILES string of the molecule is C[C@H](O)c1ccc(-n2ccc(C(F)(F)F)n2)nc1. The zero-order valence-electron chi connectivity index (χ0n) is 9.39. The van der Waals surface area contributed by atoms with E-state index in [4.69, 9.17) is 0 Å². The van der Waals surface area contributed by atoms with Gasteiger partial charge in [-0.05, 0) is 24.6 Å².